The molecule has 0 radical (unpaired) electrons. The zero-order valence-electron chi connectivity index (χ0n) is 18.9. The Kier molecular flexibility index (Phi) is 4.88. The lowest BCUT2D eigenvalue weighted by Crippen LogP contribution is -2.62. The molecule has 172 valence electrons. The van der Waals surface area contributed by atoms with Crippen LogP contribution in [-0.4, -0.2) is 46.6 Å². The van der Waals surface area contributed by atoms with Crippen LogP contribution in [0.5, 0.6) is 0 Å². The largest absolute Gasteiger partial charge is 0.462 e. The standard InChI is InChI=1S/C25H36O6/c1-14(26)31-20-12-25(29)19-5-4-16-11-17(27)6-8-23(16,2)18(19)7-9-24(25,3)22(20)15-10-21(28)30-13-15/h10,16-20,22,27,29H,4-9,11-13H2,1-3H3/t16-,17-,18-,19+,20-,22-,23-,24+,25-/m0/s1. The van der Waals surface area contributed by atoms with Crippen molar-refractivity contribution in [2.75, 3.05) is 6.61 Å². The average molecular weight is 433 g/mol. The maximum Gasteiger partial charge on any atom is 0.331 e. The van der Waals surface area contributed by atoms with Crippen LogP contribution in [0.15, 0.2) is 11.6 Å². The van der Waals surface area contributed by atoms with Crippen LogP contribution < -0.4 is 0 Å². The summed E-state index contributed by atoms with van der Waals surface area (Å²) in [6.07, 6.45) is 7.90. The highest BCUT2D eigenvalue weighted by atomic mass is 16.5. The number of hydrogen-bond donors (Lipinski definition) is 2. The van der Waals surface area contributed by atoms with Crippen molar-refractivity contribution < 1.29 is 29.3 Å². The Labute approximate surface area is 184 Å². The van der Waals surface area contributed by atoms with Gasteiger partial charge in [0.05, 0.1) is 11.7 Å². The van der Waals surface area contributed by atoms with Crippen molar-refractivity contribution in [3.8, 4) is 0 Å². The summed E-state index contributed by atoms with van der Waals surface area (Å²) in [5.74, 6) is 0.162. The van der Waals surface area contributed by atoms with Gasteiger partial charge in [0.15, 0.2) is 0 Å². The fraction of sp³-hybridized carbons (Fsp3) is 0.840. The second-order valence-electron chi connectivity index (χ2n) is 11.5. The number of carbonyl (C=O) groups is 2. The van der Waals surface area contributed by atoms with Gasteiger partial charge in [-0.3, -0.25) is 4.79 Å². The van der Waals surface area contributed by atoms with Gasteiger partial charge in [-0.2, -0.15) is 0 Å². The summed E-state index contributed by atoms with van der Waals surface area (Å²) in [6, 6.07) is 0. The Morgan fingerprint density at radius 1 is 1.16 bits per heavy atom. The van der Waals surface area contributed by atoms with Gasteiger partial charge in [-0.1, -0.05) is 13.8 Å². The zero-order chi connectivity index (χ0) is 22.2. The highest BCUT2D eigenvalue weighted by molar-refractivity contribution is 5.85. The van der Waals surface area contributed by atoms with Crippen molar-refractivity contribution in [3.63, 3.8) is 0 Å². The van der Waals surface area contributed by atoms with Gasteiger partial charge < -0.3 is 19.7 Å². The molecule has 9 atom stereocenters. The second-order valence-corrected chi connectivity index (χ2v) is 11.5. The van der Waals surface area contributed by atoms with Crippen molar-refractivity contribution in [2.24, 2.45) is 34.5 Å². The molecule has 1 heterocycles. The molecule has 31 heavy (non-hydrogen) atoms. The Hall–Kier alpha value is -1.40. The number of aliphatic hydroxyl groups excluding tert-OH is 1. The molecule has 0 aromatic heterocycles. The van der Waals surface area contributed by atoms with E-state index in [-0.39, 0.29) is 41.9 Å². The van der Waals surface area contributed by atoms with Crippen molar-refractivity contribution >= 4 is 11.9 Å². The van der Waals surface area contributed by atoms with Gasteiger partial charge in [-0.25, -0.2) is 4.79 Å². The zero-order valence-corrected chi connectivity index (χ0v) is 18.9. The number of hydrogen-bond acceptors (Lipinski definition) is 6. The molecule has 0 spiro atoms. The van der Waals surface area contributed by atoms with Crippen LogP contribution in [0.1, 0.15) is 72.1 Å². The van der Waals surface area contributed by atoms with Crippen LogP contribution in [-0.2, 0) is 19.1 Å². The molecule has 5 rings (SSSR count). The van der Waals surface area contributed by atoms with Crippen molar-refractivity contribution in [1.82, 2.24) is 0 Å². The first-order valence-electron chi connectivity index (χ1n) is 12.0. The van der Waals surface area contributed by atoms with Crippen molar-refractivity contribution in [2.45, 2.75) is 89.9 Å². The number of rotatable bonds is 2. The van der Waals surface area contributed by atoms with Crippen molar-refractivity contribution in [3.05, 3.63) is 11.6 Å². The average Bonchev–Trinajstić information content (AvgIpc) is 3.19. The van der Waals surface area contributed by atoms with Crippen LogP contribution in [0.2, 0.25) is 0 Å². The molecule has 4 aliphatic carbocycles. The monoisotopic (exact) mass is 432 g/mol. The maximum absolute atomic E-state index is 12.4. The van der Waals surface area contributed by atoms with E-state index in [0.29, 0.717) is 18.3 Å². The highest BCUT2D eigenvalue weighted by Gasteiger charge is 2.70. The van der Waals surface area contributed by atoms with Crippen LogP contribution in [0.3, 0.4) is 0 Å². The molecular formula is C25H36O6. The molecule has 0 bridgehead atoms. The molecule has 0 unspecified atom stereocenters. The van der Waals surface area contributed by atoms with Crippen LogP contribution >= 0.6 is 0 Å². The predicted molar refractivity (Wildman–Crippen MR) is 113 cm³/mol. The molecule has 0 aromatic rings. The van der Waals surface area contributed by atoms with Crippen LogP contribution in [0.4, 0.5) is 0 Å². The lowest BCUT2D eigenvalue weighted by Gasteiger charge is -2.63. The van der Waals surface area contributed by atoms with Gasteiger partial charge in [-0.15, -0.1) is 0 Å². The van der Waals surface area contributed by atoms with E-state index in [2.05, 4.69) is 13.8 Å². The predicted octanol–water partition coefficient (Wildman–Crippen LogP) is 3.15. The molecule has 1 aliphatic heterocycles. The molecule has 0 amide bonds. The number of carbonyl (C=O) groups excluding carboxylic acids is 2. The lowest BCUT2D eigenvalue weighted by molar-refractivity contribution is -0.208. The molecule has 6 nitrogen and oxygen atoms in total. The molecule has 2 N–H and O–H groups in total. The summed E-state index contributed by atoms with van der Waals surface area (Å²) in [7, 11) is 0. The number of fused-ring (bicyclic) bond motifs is 5. The lowest BCUT2D eigenvalue weighted by atomic mass is 9.43. The third-order valence-electron chi connectivity index (χ3n) is 10.2. The molecule has 0 saturated heterocycles. The first-order chi connectivity index (χ1) is 14.6. The summed E-state index contributed by atoms with van der Waals surface area (Å²) < 4.78 is 11.0. The number of ether oxygens (including phenoxy) is 2. The van der Waals surface area contributed by atoms with Crippen LogP contribution in [0.25, 0.3) is 0 Å². The Balaban J connectivity index is 1.52. The molecule has 5 aliphatic rings. The Morgan fingerprint density at radius 2 is 1.94 bits per heavy atom. The van der Waals surface area contributed by atoms with Gasteiger partial charge in [0.25, 0.3) is 0 Å². The van der Waals surface area contributed by atoms with E-state index in [0.717, 1.165) is 50.5 Å². The van der Waals surface area contributed by atoms with Gasteiger partial charge in [0.1, 0.15) is 12.7 Å². The minimum absolute atomic E-state index is 0.139. The van der Waals surface area contributed by atoms with Gasteiger partial charge >= 0.3 is 11.9 Å². The fourth-order valence-electron chi connectivity index (χ4n) is 8.76. The van der Waals surface area contributed by atoms with E-state index in [4.69, 9.17) is 9.47 Å². The van der Waals surface area contributed by atoms with E-state index in [1.165, 1.54) is 6.92 Å². The van der Waals surface area contributed by atoms with Gasteiger partial charge in [0, 0.05) is 30.8 Å². The van der Waals surface area contributed by atoms with Gasteiger partial charge in [0.2, 0.25) is 0 Å². The van der Waals surface area contributed by atoms with E-state index in [1.807, 2.05) is 0 Å². The minimum Gasteiger partial charge on any atom is -0.462 e. The van der Waals surface area contributed by atoms with E-state index in [9.17, 15) is 19.8 Å². The summed E-state index contributed by atoms with van der Waals surface area (Å²) in [6.45, 7) is 6.16. The van der Waals surface area contributed by atoms with Gasteiger partial charge in [-0.05, 0) is 73.7 Å². The summed E-state index contributed by atoms with van der Waals surface area (Å²) in [4.78, 5) is 23.8. The minimum atomic E-state index is -0.947. The topological polar surface area (TPSA) is 93.1 Å². The van der Waals surface area contributed by atoms with Crippen molar-refractivity contribution in [1.29, 1.82) is 0 Å². The number of esters is 2. The third kappa shape index (κ3) is 2.97. The number of cyclic esters (lactones) is 1. The highest BCUT2D eigenvalue weighted by Crippen LogP contribution is 2.70. The molecule has 0 aromatic carbocycles. The first kappa shape index (κ1) is 21.4. The summed E-state index contributed by atoms with van der Waals surface area (Å²) >= 11 is 0. The quantitative estimate of drug-likeness (QED) is 0.651. The smallest absolute Gasteiger partial charge is 0.331 e. The summed E-state index contributed by atoms with van der Waals surface area (Å²) in [5.41, 5.74) is -0.420. The Morgan fingerprint density at radius 3 is 2.61 bits per heavy atom. The number of aliphatic hydroxyl groups is 2. The second kappa shape index (κ2) is 7.05. The fourth-order valence-corrected chi connectivity index (χ4v) is 8.76. The molecular weight excluding hydrogens is 396 g/mol. The molecule has 6 heteroatoms. The molecule has 4 saturated carbocycles. The first-order valence-corrected chi connectivity index (χ1v) is 12.0. The normalized spacial score (nSPS) is 51.3. The van der Waals surface area contributed by atoms with Crippen LogP contribution in [0, 0.1) is 34.5 Å². The van der Waals surface area contributed by atoms with E-state index >= 15 is 0 Å². The summed E-state index contributed by atoms with van der Waals surface area (Å²) in [5, 5.41) is 22.7. The Bertz CT molecular complexity index is 821. The maximum atomic E-state index is 12.4. The SMILES string of the molecule is CC(=O)O[C@H]1C[C@]2(O)[C@@H]3CC[C@H]4C[C@@H](O)CC[C@]4(C)[C@H]3CC[C@]2(C)[C@H]1C1=CC(=O)OC1. The third-order valence-corrected chi connectivity index (χ3v) is 10.2. The van der Waals surface area contributed by atoms with E-state index < -0.39 is 17.1 Å². The molecule has 4 fully saturated rings. The van der Waals surface area contributed by atoms with E-state index in [1.54, 1.807) is 6.08 Å².